The molecule has 0 aliphatic rings. The molecule has 106 valence electrons. The van der Waals surface area contributed by atoms with Gasteiger partial charge in [-0.3, -0.25) is 4.79 Å². The summed E-state index contributed by atoms with van der Waals surface area (Å²) in [7, 11) is 1.40. The van der Waals surface area contributed by atoms with Crippen molar-refractivity contribution in [3.63, 3.8) is 0 Å². The van der Waals surface area contributed by atoms with Crippen LogP contribution in [0.25, 0.3) is 0 Å². The van der Waals surface area contributed by atoms with Crippen LogP contribution in [-0.2, 0) is 9.53 Å². The van der Waals surface area contributed by atoms with Crippen molar-refractivity contribution in [2.45, 2.75) is 25.6 Å². The standard InChI is InChI=1S/C9H16F3N3O3/c1-6(3-7(13)14-17)15(2)8(16)4-18-5-9(10,11)12/h6,17H,3-5H2,1-2H3,(H2,13,14). The number of hydrogen-bond donors (Lipinski definition) is 2. The number of alkyl halides is 3. The van der Waals surface area contributed by atoms with E-state index in [2.05, 4.69) is 9.89 Å². The zero-order valence-electron chi connectivity index (χ0n) is 10.1. The second-order valence-electron chi connectivity index (χ2n) is 3.76. The molecule has 0 aromatic heterocycles. The average Bonchev–Trinajstić information content (AvgIpc) is 2.25. The maximum absolute atomic E-state index is 11.8. The number of nitrogens with two attached hydrogens (primary N) is 1. The largest absolute Gasteiger partial charge is 0.411 e. The average molecular weight is 271 g/mol. The van der Waals surface area contributed by atoms with E-state index in [0.717, 1.165) is 0 Å². The summed E-state index contributed by atoms with van der Waals surface area (Å²) < 4.78 is 39.6. The van der Waals surface area contributed by atoms with E-state index < -0.39 is 31.3 Å². The van der Waals surface area contributed by atoms with E-state index in [0.29, 0.717) is 0 Å². The minimum absolute atomic E-state index is 0.0710. The van der Waals surface area contributed by atoms with Crippen LogP contribution in [0.3, 0.4) is 0 Å². The van der Waals surface area contributed by atoms with Crippen molar-refractivity contribution in [2.24, 2.45) is 10.9 Å². The van der Waals surface area contributed by atoms with Gasteiger partial charge in [0.15, 0.2) is 0 Å². The van der Waals surface area contributed by atoms with E-state index in [4.69, 9.17) is 10.9 Å². The van der Waals surface area contributed by atoms with Gasteiger partial charge in [-0.1, -0.05) is 5.16 Å². The molecule has 0 spiro atoms. The maximum atomic E-state index is 11.8. The second-order valence-corrected chi connectivity index (χ2v) is 3.76. The summed E-state index contributed by atoms with van der Waals surface area (Å²) in [5.41, 5.74) is 5.25. The molecule has 18 heavy (non-hydrogen) atoms. The third-order valence-corrected chi connectivity index (χ3v) is 2.18. The lowest BCUT2D eigenvalue weighted by Crippen LogP contribution is -2.40. The molecule has 6 nitrogen and oxygen atoms in total. The van der Waals surface area contributed by atoms with Crippen LogP contribution in [-0.4, -0.2) is 54.3 Å². The quantitative estimate of drug-likeness (QED) is 0.319. The lowest BCUT2D eigenvalue weighted by Gasteiger charge is -2.24. The van der Waals surface area contributed by atoms with Crippen LogP contribution in [0.5, 0.6) is 0 Å². The fourth-order valence-corrected chi connectivity index (χ4v) is 1.08. The minimum Gasteiger partial charge on any atom is -0.409 e. The van der Waals surface area contributed by atoms with Gasteiger partial charge in [0, 0.05) is 19.5 Å². The van der Waals surface area contributed by atoms with Crippen LogP contribution < -0.4 is 5.73 Å². The second kappa shape index (κ2) is 7.04. The van der Waals surface area contributed by atoms with Crippen LogP contribution in [0.1, 0.15) is 13.3 Å². The summed E-state index contributed by atoms with van der Waals surface area (Å²) in [6, 6.07) is -0.414. The minimum atomic E-state index is -4.46. The smallest absolute Gasteiger partial charge is 0.409 e. The molecule has 1 amide bonds. The van der Waals surface area contributed by atoms with E-state index in [1.54, 1.807) is 6.92 Å². The zero-order valence-corrected chi connectivity index (χ0v) is 10.1. The Balaban J connectivity index is 4.10. The summed E-state index contributed by atoms with van der Waals surface area (Å²) >= 11 is 0. The Kier molecular flexibility index (Phi) is 6.45. The Morgan fingerprint density at radius 3 is 2.56 bits per heavy atom. The van der Waals surface area contributed by atoms with Gasteiger partial charge in [0.05, 0.1) is 0 Å². The number of halogens is 3. The first-order valence-corrected chi connectivity index (χ1v) is 5.04. The highest BCUT2D eigenvalue weighted by Gasteiger charge is 2.28. The first-order valence-electron chi connectivity index (χ1n) is 5.04. The van der Waals surface area contributed by atoms with Crippen LogP contribution in [0.4, 0.5) is 13.2 Å². The molecule has 0 radical (unpaired) electrons. The number of nitrogens with zero attached hydrogens (tertiary/aromatic N) is 2. The predicted molar refractivity (Wildman–Crippen MR) is 57.1 cm³/mol. The summed E-state index contributed by atoms with van der Waals surface area (Å²) in [5.74, 6) is -0.684. The summed E-state index contributed by atoms with van der Waals surface area (Å²) in [6.45, 7) is -0.530. The van der Waals surface area contributed by atoms with E-state index in [9.17, 15) is 18.0 Å². The fourth-order valence-electron chi connectivity index (χ4n) is 1.08. The predicted octanol–water partition coefficient (Wildman–Crippen LogP) is 0.549. The lowest BCUT2D eigenvalue weighted by atomic mass is 10.2. The van der Waals surface area contributed by atoms with Crippen molar-refractivity contribution in [1.29, 1.82) is 0 Å². The van der Waals surface area contributed by atoms with Crippen molar-refractivity contribution in [3.05, 3.63) is 0 Å². The number of rotatable bonds is 6. The molecule has 0 heterocycles. The van der Waals surface area contributed by atoms with Crippen molar-refractivity contribution in [3.8, 4) is 0 Å². The molecule has 1 unspecified atom stereocenters. The Morgan fingerprint density at radius 1 is 1.56 bits per heavy atom. The Morgan fingerprint density at radius 2 is 2.11 bits per heavy atom. The third kappa shape index (κ3) is 6.94. The number of amidine groups is 1. The molecule has 3 N–H and O–H groups in total. The summed E-state index contributed by atoms with van der Waals surface area (Å²) in [6.07, 6.45) is -4.35. The first kappa shape index (κ1) is 16.5. The van der Waals surface area contributed by atoms with E-state index >= 15 is 0 Å². The van der Waals surface area contributed by atoms with Crippen LogP contribution in [0.2, 0.25) is 0 Å². The van der Waals surface area contributed by atoms with Crippen LogP contribution in [0.15, 0.2) is 5.16 Å². The Hall–Kier alpha value is -1.51. The monoisotopic (exact) mass is 271 g/mol. The molecule has 0 bridgehead atoms. The molecule has 0 aromatic rings. The van der Waals surface area contributed by atoms with Gasteiger partial charge in [0.2, 0.25) is 5.91 Å². The van der Waals surface area contributed by atoms with Gasteiger partial charge in [-0.05, 0) is 6.92 Å². The molecule has 0 aliphatic carbocycles. The Labute approximate surface area is 102 Å². The molecule has 0 saturated carbocycles. The molecule has 0 saturated heterocycles. The van der Waals surface area contributed by atoms with Crippen molar-refractivity contribution in [1.82, 2.24) is 4.90 Å². The molecule has 0 aliphatic heterocycles. The highest BCUT2D eigenvalue weighted by Crippen LogP contribution is 2.14. The fraction of sp³-hybridized carbons (Fsp3) is 0.778. The van der Waals surface area contributed by atoms with Crippen LogP contribution in [0, 0.1) is 0 Å². The van der Waals surface area contributed by atoms with Gasteiger partial charge >= 0.3 is 6.18 Å². The topological polar surface area (TPSA) is 88.2 Å². The maximum Gasteiger partial charge on any atom is 0.411 e. The number of hydrogen-bond acceptors (Lipinski definition) is 4. The van der Waals surface area contributed by atoms with Gasteiger partial charge in [-0.15, -0.1) is 0 Å². The molecular formula is C9H16F3N3O3. The molecular weight excluding hydrogens is 255 g/mol. The van der Waals surface area contributed by atoms with Gasteiger partial charge in [0.1, 0.15) is 19.0 Å². The molecule has 1 atom stereocenters. The van der Waals surface area contributed by atoms with Gasteiger partial charge in [0.25, 0.3) is 0 Å². The van der Waals surface area contributed by atoms with E-state index in [1.807, 2.05) is 0 Å². The van der Waals surface area contributed by atoms with Crippen LogP contribution >= 0.6 is 0 Å². The van der Waals surface area contributed by atoms with Crippen molar-refractivity contribution < 1.29 is 27.9 Å². The number of ether oxygens (including phenoxy) is 1. The number of amides is 1. The van der Waals surface area contributed by atoms with Crippen molar-refractivity contribution in [2.75, 3.05) is 20.3 Å². The Bertz CT molecular complexity index is 307. The first-order chi connectivity index (χ1) is 8.17. The van der Waals surface area contributed by atoms with Crippen molar-refractivity contribution >= 4 is 11.7 Å². The molecule has 0 rings (SSSR count). The molecule has 9 heteroatoms. The number of likely N-dealkylation sites (N-methyl/N-ethyl adjacent to an activating group) is 1. The third-order valence-electron chi connectivity index (χ3n) is 2.18. The lowest BCUT2D eigenvalue weighted by molar-refractivity contribution is -0.177. The summed E-state index contributed by atoms with van der Waals surface area (Å²) in [4.78, 5) is 12.6. The van der Waals surface area contributed by atoms with Gasteiger partial charge in [-0.2, -0.15) is 13.2 Å². The molecule has 0 fully saturated rings. The normalized spacial score (nSPS) is 14.4. The highest BCUT2D eigenvalue weighted by atomic mass is 19.4. The van der Waals surface area contributed by atoms with Gasteiger partial charge in [-0.25, -0.2) is 0 Å². The van der Waals surface area contributed by atoms with E-state index in [-0.39, 0.29) is 12.3 Å². The van der Waals surface area contributed by atoms with E-state index in [1.165, 1.54) is 11.9 Å². The number of carbonyl (C=O) groups excluding carboxylic acids is 1. The summed E-state index contributed by atoms with van der Waals surface area (Å²) in [5, 5.41) is 11.1. The SMILES string of the molecule is CC(CC(N)=NO)N(C)C(=O)COCC(F)(F)F. The molecule has 0 aromatic carbocycles. The van der Waals surface area contributed by atoms with Gasteiger partial charge < -0.3 is 20.6 Å². The number of carbonyl (C=O) groups is 1. The number of oxime groups is 1. The zero-order chi connectivity index (χ0) is 14.3. The highest BCUT2D eigenvalue weighted by molar-refractivity contribution is 5.82.